The second-order valence-electron chi connectivity index (χ2n) is 2.07. The molecule has 0 fully saturated rings. The molecule has 0 aromatic heterocycles. The molecule has 0 aliphatic heterocycles. The third-order valence-corrected chi connectivity index (χ3v) is 1.13. The first-order valence-corrected chi connectivity index (χ1v) is 3.28. The summed E-state index contributed by atoms with van der Waals surface area (Å²) < 4.78 is 11.2. The fourth-order valence-corrected chi connectivity index (χ4v) is 0.511. The zero-order valence-electron chi connectivity index (χ0n) is 6.19. The lowest BCUT2D eigenvalue weighted by Crippen LogP contribution is -2.34. The van der Waals surface area contributed by atoms with Crippen LogP contribution in [0.3, 0.4) is 0 Å². The fraction of sp³-hybridized carbons (Fsp3) is 0.833. The van der Waals surface area contributed by atoms with Crippen molar-refractivity contribution in [3.63, 3.8) is 0 Å². The number of halogens is 1. The van der Waals surface area contributed by atoms with Gasteiger partial charge in [0.15, 0.2) is 0 Å². The van der Waals surface area contributed by atoms with E-state index in [0.29, 0.717) is 6.54 Å². The number of carbonyl (C=O) groups excluding carboxylic acids is 1. The average Bonchev–Trinajstić information content (AvgIpc) is 1.98. The number of hydrogen-bond donors (Lipinski definition) is 1. The zero-order valence-corrected chi connectivity index (χ0v) is 6.19. The van der Waals surface area contributed by atoms with Gasteiger partial charge in [-0.1, -0.05) is 6.92 Å². The lowest BCUT2D eigenvalue weighted by Gasteiger charge is -2.06. The molecule has 0 saturated heterocycles. The standard InChI is InChI=1S/C6H12FNO2/c1-3-4-8-5(2)6(9)10-7/h5,8H,3-4H2,1-2H3. The van der Waals surface area contributed by atoms with Crippen molar-refractivity contribution < 1.29 is 14.3 Å². The van der Waals surface area contributed by atoms with Crippen LogP contribution in [-0.2, 0) is 9.74 Å². The molecule has 0 bridgehead atoms. The highest BCUT2D eigenvalue weighted by atomic mass is 19.3. The summed E-state index contributed by atoms with van der Waals surface area (Å²) >= 11 is 0. The van der Waals surface area contributed by atoms with E-state index in [4.69, 9.17) is 0 Å². The molecule has 4 heteroatoms. The van der Waals surface area contributed by atoms with Gasteiger partial charge in [0.2, 0.25) is 0 Å². The first-order chi connectivity index (χ1) is 4.72. The SMILES string of the molecule is CCCNC(C)C(=O)OF. The minimum absolute atomic E-state index is 0.551. The first-order valence-electron chi connectivity index (χ1n) is 3.28. The minimum atomic E-state index is -0.867. The van der Waals surface area contributed by atoms with E-state index in [9.17, 15) is 9.32 Å². The Kier molecular flexibility index (Phi) is 4.84. The molecular weight excluding hydrogens is 137 g/mol. The van der Waals surface area contributed by atoms with Crippen molar-refractivity contribution in [2.75, 3.05) is 6.54 Å². The molecular formula is C6H12FNO2. The molecule has 0 amide bonds. The smallest absolute Gasteiger partial charge is 0.305 e. The van der Waals surface area contributed by atoms with E-state index < -0.39 is 12.0 Å². The normalized spacial score (nSPS) is 12.7. The van der Waals surface area contributed by atoms with Crippen molar-refractivity contribution in [2.45, 2.75) is 26.3 Å². The third-order valence-electron chi connectivity index (χ3n) is 1.13. The Morgan fingerprint density at radius 1 is 1.80 bits per heavy atom. The van der Waals surface area contributed by atoms with Gasteiger partial charge in [-0.3, -0.25) is 4.94 Å². The van der Waals surface area contributed by atoms with Gasteiger partial charge in [0.05, 0.1) is 0 Å². The van der Waals surface area contributed by atoms with E-state index in [1.807, 2.05) is 6.92 Å². The van der Waals surface area contributed by atoms with Gasteiger partial charge in [0.25, 0.3) is 0 Å². The topological polar surface area (TPSA) is 38.3 Å². The van der Waals surface area contributed by atoms with Crippen LogP contribution in [0.4, 0.5) is 4.53 Å². The van der Waals surface area contributed by atoms with E-state index in [2.05, 4.69) is 10.3 Å². The summed E-state index contributed by atoms with van der Waals surface area (Å²) in [5.74, 6) is -0.867. The molecule has 1 atom stereocenters. The lowest BCUT2D eigenvalue weighted by molar-refractivity contribution is -0.185. The predicted molar refractivity (Wildman–Crippen MR) is 35.0 cm³/mol. The van der Waals surface area contributed by atoms with Crippen molar-refractivity contribution in [1.82, 2.24) is 5.32 Å². The Morgan fingerprint density at radius 3 is 2.80 bits per heavy atom. The van der Waals surface area contributed by atoms with Crippen molar-refractivity contribution in [3.05, 3.63) is 0 Å². The molecule has 0 radical (unpaired) electrons. The first kappa shape index (κ1) is 9.36. The molecule has 0 aromatic carbocycles. The molecule has 0 aliphatic carbocycles. The molecule has 0 aliphatic rings. The van der Waals surface area contributed by atoms with E-state index in [0.717, 1.165) is 6.42 Å². The van der Waals surface area contributed by atoms with Crippen LogP contribution in [0.15, 0.2) is 0 Å². The highest BCUT2D eigenvalue weighted by Gasteiger charge is 2.12. The molecule has 0 rings (SSSR count). The second-order valence-corrected chi connectivity index (χ2v) is 2.07. The summed E-state index contributed by atoms with van der Waals surface area (Å²) in [4.78, 5) is 13.4. The lowest BCUT2D eigenvalue weighted by atomic mass is 10.3. The Hall–Kier alpha value is -0.640. The number of rotatable bonds is 4. The molecule has 3 nitrogen and oxygen atoms in total. The van der Waals surface area contributed by atoms with Crippen LogP contribution in [-0.4, -0.2) is 18.6 Å². The fourth-order valence-electron chi connectivity index (χ4n) is 0.511. The average molecular weight is 149 g/mol. The monoisotopic (exact) mass is 149 g/mol. The maximum absolute atomic E-state index is 11.2. The molecule has 0 heterocycles. The molecule has 10 heavy (non-hydrogen) atoms. The maximum atomic E-state index is 11.2. The van der Waals surface area contributed by atoms with Crippen LogP contribution in [0.25, 0.3) is 0 Å². The Labute approximate surface area is 59.5 Å². The van der Waals surface area contributed by atoms with Crippen LogP contribution < -0.4 is 5.32 Å². The van der Waals surface area contributed by atoms with Gasteiger partial charge in [0, 0.05) is 4.53 Å². The largest absolute Gasteiger partial charge is 0.365 e. The van der Waals surface area contributed by atoms with Crippen LogP contribution in [0.5, 0.6) is 0 Å². The van der Waals surface area contributed by atoms with Gasteiger partial charge < -0.3 is 5.32 Å². The highest BCUT2D eigenvalue weighted by molar-refractivity contribution is 5.74. The molecule has 0 spiro atoms. The molecule has 1 N–H and O–H groups in total. The van der Waals surface area contributed by atoms with Crippen molar-refractivity contribution >= 4 is 5.97 Å². The summed E-state index contributed by atoms with van der Waals surface area (Å²) in [6.45, 7) is 4.20. The number of carbonyl (C=O) groups is 1. The second kappa shape index (κ2) is 5.17. The third kappa shape index (κ3) is 3.40. The summed E-state index contributed by atoms with van der Waals surface area (Å²) in [5, 5.41) is 2.77. The Bertz CT molecular complexity index is 108. The van der Waals surface area contributed by atoms with Crippen LogP contribution in [0.2, 0.25) is 0 Å². The van der Waals surface area contributed by atoms with Crippen LogP contribution in [0.1, 0.15) is 20.3 Å². The summed E-state index contributed by atoms with van der Waals surface area (Å²) in [5.41, 5.74) is 0. The molecule has 0 aromatic rings. The summed E-state index contributed by atoms with van der Waals surface area (Å²) in [6.07, 6.45) is 0.907. The van der Waals surface area contributed by atoms with Gasteiger partial charge >= 0.3 is 5.97 Å². The van der Waals surface area contributed by atoms with E-state index in [-0.39, 0.29) is 0 Å². The van der Waals surface area contributed by atoms with Gasteiger partial charge in [0.1, 0.15) is 6.04 Å². The highest BCUT2D eigenvalue weighted by Crippen LogP contribution is 1.87. The van der Waals surface area contributed by atoms with E-state index >= 15 is 0 Å². The van der Waals surface area contributed by atoms with Crippen LogP contribution in [0, 0.1) is 0 Å². The predicted octanol–water partition coefficient (Wildman–Crippen LogP) is 0.802. The van der Waals surface area contributed by atoms with Gasteiger partial charge in [-0.05, 0) is 19.9 Å². The van der Waals surface area contributed by atoms with Crippen molar-refractivity contribution in [2.24, 2.45) is 0 Å². The number of hydrogen-bond acceptors (Lipinski definition) is 3. The van der Waals surface area contributed by atoms with E-state index in [1.54, 1.807) is 6.92 Å². The Morgan fingerprint density at radius 2 is 2.40 bits per heavy atom. The molecule has 0 saturated carbocycles. The molecule has 60 valence electrons. The summed E-state index contributed by atoms with van der Waals surface area (Å²) in [6, 6.07) is -0.551. The van der Waals surface area contributed by atoms with Gasteiger partial charge in [-0.2, -0.15) is 0 Å². The minimum Gasteiger partial charge on any atom is -0.305 e. The van der Waals surface area contributed by atoms with Crippen LogP contribution >= 0.6 is 0 Å². The van der Waals surface area contributed by atoms with E-state index in [1.165, 1.54) is 0 Å². The Balaban J connectivity index is 3.41. The zero-order chi connectivity index (χ0) is 7.98. The van der Waals surface area contributed by atoms with Crippen molar-refractivity contribution in [3.8, 4) is 0 Å². The quantitative estimate of drug-likeness (QED) is 0.642. The van der Waals surface area contributed by atoms with Crippen molar-refractivity contribution in [1.29, 1.82) is 0 Å². The van der Waals surface area contributed by atoms with Gasteiger partial charge in [-0.25, -0.2) is 4.79 Å². The van der Waals surface area contributed by atoms with Gasteiger partial charge in [-0.15, -0.1) is 0 Å². The summed E-state index contributed by atoms with van der Waals surface area (Å²) in [7, 11) is 0. The maximum Gasteiger partial charge on any atom is 0.365 e. The number of nitrogens with one attached hydrogen (secondary N) is 1. The molecule has 1 unspecified atom stereocenters.